The molecule has 0 saturated carbocycles. The highest BCUT2D eigenvalue weighted by molar-refractivity contribution is 6.03. The molecule has 0 spiro atoms. The van der Waals surface area contributed by atoms with Crippen molar-refractivity contribution in [3.8, 4) is 11.1 Å². The van der Waals surface area contributed by atoms with Gasteiger partial charge in [-0.3, -0.25) is 15.1 Å². The van der Waals surface area contributed by atoms with Gasteiger partial charge in [-0.15, -0.1) is 10.2 Å². The average Bonchev–Trinajstić information content (AvgIpc) is 3.30. The number of anilines is 2. The number of benzene rings is 1. The fourth-order valence-corrected chi connectivity index (χ4v) is 4.12. The molecule has 1 aliphatic heterocycles. The number of nitrogens with zero attached hydrogens (tertiary/aromatic N) is 3. The summed E-state index contributed by atoms with van der Waals surface area (Å²) in [4.78, 5) is 29.5. The first-order chi connectivity index (χ1) is 16.7. The number of aromatic nitrogens is 3. The van der Waals surface area contributed by atoms with Crippen molar-refractivity contribution in [2.24, 2.45) is 5.41 Å². The minimum absolute atomic E-state index is 0.0160. The number of ether oxygens (including phenoxy) is 1. The predicted octanol–water partition coefficient (Wildman–Crippen LogP) is 4.54. The molecule has 0 bridgehead atoms. The van der Waals surface area contributed by atoms with Crippen LogP contribution in [0.3, 0.4) is 0 Å². The standard InChI is InChI=1S/C26H32N6O3/c1-5-16-6-8-27-14-20(16)17-10-18-12-22(30-25(34)28-19-7-9-35-15-19)31-32-24(18)21(11-17)29-23(33)13-26(2,3)4/h6,8,10-12,14,19H,5,7,9,13,15H2,1-4H3,(H,29,33)(H2,28,30,31,34). The Bertz CT molecular complexity index is 1230. The molecule has 35 heavy (non-hydrogen) atoms. The maximum Gasteiger partial charge on any atom is 0.320 e. The molecule has 1 fully saturated rings. The van der Waals surface area contributed by atoms with Gasteiger partial charge in [0.1, 0.15) is 5.52 Å². The Labute approximate surface area is 205 Å². The molecule has 0 radical (unpaired) electrons. The van der Waals surface area contributed by atoms with Gasteiger partial charge in [0.25, 0.3) is 0 Å². The normalized spacial score (nSPS) is 15.7. The minimum atomic E-state index is -0.357. The van der Waals surface area contributed by atoms with Crippen LogP contribution in [0.25, 0.3) is 22.0 Å². The molecule has 1 saturated heterocycles. The molecule has 184 valence electrons. The lowest BCUT2D eigenvalue weighted by Gasteiger charge is -2.18. The topological polar surface area (TPSA) is 118 Å². The Morgan fingerprint density at radius 1 is 1.14 bits per heavy atom. The van der Waals surface area contributed by atoms with Gasteiger partial charge in [-0.25, -0.2) is 4.79 Å². The number of fused-ring (bicyclic) bond motifs is 1. The number of urea groups is 1. The van der Waals surface area contributed by atoms with Gasteiger partial charge in [-0.1, -0.05) is 27.7 Å². The van der Waals surface area contributed by atoms with Crippen molar-refractivity contribution in [3.63, 3.8) is 0 Å². The summed E-state index contributed by atoms with van der Waals surface area (Å²) in [6.07, 6.45) is 5.59. The van der Waals surface area contributed by atoms with E-state index < -0.39 is 0 Å². The van der Waals surface area contributed by atoms with Gasteiger partial charge in [-0.2, -0.15) is 0 Å². The minimum Gasteiger partial charge on any atom is -0.379 e. The zero-order valence-electron chi connectivity index (χ0n) is 20.6. The van der Waals surface area contributed by atoms with E-state index in [0.717, 1.165) is 34.9 Å². The van der Waals surface area contributed by atoms with Gasteiger partial charge in [-0.05, 0) is 53.6 Å². The van der Waals surface area contributed by atoms with E-state index in [1.54, 1.807) is 12.3 Å². The maximum atomic E-state index is 12.8. The van der Waals surface area contributed by atoms with Crippen LogP contribution in [0, 0.1) is 5.41 Å². The van der Waals surface area contributed by atoms with Crippen molar-refractivity contribution in [1.29, 1.82) is 0 Å². The van der Waals surface area contributed by atoms with Crippen LogP contribution < -0.4 is 16.0 Å². The van der Waals surface area contributed by atoms with Crippen molar-refractivity contribution in [2.75, 3.05) is 23.8 Å². The first-order valence-electron chi connectivity index (χ1n) is 11.9. The van der Waals surface area contributed by atoms with Crippen molar-refractivity contribution in [3.05, 3.63) is 42.2 Å². The lowest BCUT2D eigenvalue weighted by atomic mass is 9.92. The third-order valence-corrected chi connectivity index (χ3v) is 5.76. The van der Waals surface area contributed by atoms with E-state index >= 15 is 0 Å². The number of nitrogens with one attached hydrogen (secondary N) is 3. The van der Waals surface area contributed by atoms with E-state index in [-0.39, 0.29) is 23.4 Å². The van der Waals surface area contributed by atoms with Crippen LogP contribution in [0.2, 0.25) is 0 Å². The van der Waals surface area contributed by atoms with E-state index in [0.29, 0.717) is 36.7 Å². The second-order valence-corrected chi connectivity index (χ2v) is 10.0. The first-order valence-corrected chi connectivity index (χ1v) is 11.9. The Morgan fingerprint density at radius 3 is 2.69 bits per heavy atom. The van der Waals surface area contributed by atoms with E-state index in [1.165, 1.54) is 0 Å². The monoisotopic (exact) mass is 476 g/mol. The van der Waals surface area contributed by atoms with E-state index in [4.69, 9.17) is 4.74 Å². The molecule has 3 amide bonds. The Morgan fingerprint density at radius 2 is 1.97 bits per heavy atom. The fraction of sp³-hybridized carbons (Fsp3) is 0.423. The van der Waals surface area contributed by atoms with E-state index in [2.05, 4.69) is 38.1 Å². The maximum absolute atomic E-state index is 12.8. The molecule has 1 unspecified atom stereocenters. The number of carbonyl (C=O) groups is 2. The summed E-state index contributed by atoms with van der Waals surface area (Å²) in [6.45, 7) is 9.29. The largest absolute Gasteiger partial charge is 0.379 e. The third-order valence-electron chi connectivity index (χ3n) is 5.76. The van der Waals surface area contributed by atoms with Crippen LogP contribution in [-0.2, 0) is 16.0 Å². The molecule has 2 aromatic heterocycles. The molecular formula is C26H32N6O3. The second-order valence-electron chi connectivity index (χ2n) is 10.0. The number of hydrogen-bond donors (Lipinski definition) is 3. The SMILES string of the molecule is CCc1ccncc1-c1cc(NC(=O)CC(C)(C)C)c2nnc(NC(=O)NC3CCOC3)cc2c1. The van der Waals surface area contributed by atoms with Gasteiger partial charge in [0.15, 0.2) is 5.82 Å². The highest BCUT2D eigenvalue weighted by Crippen LogP contribution is 2.33. The summed E-state index contributed by atoms with van der Waals surface area (Å²) in [6, 6.07) is 7.27. The lowest BCUT2D eigenvalue weighted by molar-refractivity contribution is -0.117. The molecule has 9 nitrogen and oxygen atoms in total. The second kappa shape index (κ2) is 10.4. The summed E-state index contributed by atoms with van der Waals surface area (Å²) in [5.74, 6) is 0.222. The number of amides is 3. The number of carbonyl (C=O) groups excluding carboxylic acids is 2. The van der Waals surface area contributed by atoms with Gasteiger partial charge < -0.3 is 15.4 Å². The first kappa shape index (κ1) is 24.5. The molecule has 3 heterocycles. The fourth-order valence-electron chi connectivity index (χ4n) is 4.12. The average molecular weight is 477 g/mol. The number of hydrogen-bond acceptors (Lipinski definition) is 6. The molecule has 3 N–H and O–H groups in total. The molecule has 4 rings (SSSR count). The number of rotatable bonds is 6. The van der Waals surface area contributed by atoms with Gasteiger partial charge in [0, 0.05) is 36.4 Å². The van der Waals surface area contributed by atoms with Gasteiger partial charge >= 0.3 is 6.03 Å². The zero-order chi connectivity index (χ0) is 25.0. The Kier molecular flexibility index (Phi) is 7.25. The summed E-state index contributed by atoms with van der Waals surface area (Å²) >= 11 is 0. The molecular weight excluding hydrogens is 444 g/mol. The van der Waals surface area contributed by atoms with Crippen molar-refractivity contribution in [1.82, 2.24) is 20.5 Å². The molecule has 0 aliphatic carbocycles. The Hall–Kier alpha value is -3.59. The lowest BCUT2D eigenvalue weighted by Crippen LogP contribution is -2.38. The number of pyridine rings is 1. The van der Waals surface area contributed by atoms with E-state index in [1.807, 2.05) is 45.2 Å². The smallest absolute Gasteiger partial charge is 0.320 e. The molecule has 3 aromatic rings. The van der Waals surface area contributed by atoms with E-state index in [9.17, 15) is 9.59 Å². The van der Waals surface area contributed by atoms with Crippen molar-refractivity contribution in [2.45, 2.75) is 53.0 Å². The molecule has 1 aliphatic rings. The Balaban J connectivity index is 1.70. The molecule has 1 aromatic carbocycles. The van der Waals surface area contributed by atoms with Crippen LogP contribution >= 0.6 is 0 Å². The van der Waals surface area contributed by atoms with Crippen LogP contribution in [0.1, 0.15) is 46.1 Å². The highest BCUT2D eigenvalue weighted by atomic mass is 16.5. The molecule has 1 atom stereocenters. The zero-order valence-corrected chi connectivity index (χ0v) is 20.6. The summed E-state index contributed by atoms with van der Waals surface area (Å²) in [7, 11) is 0. The highest BCUT2D eigenvalue weighted by Gasteiger charge is 2.20. The van der Waals surface area contributed by atoms with Crippen molar-refractivity contribution < 1.29 is 14.3 Å². The molecule has 9 heteroatoms. The van der Waals surface area contributed by atoms with Gasteiger partial charge in [0.05, 0.1) is 18.3 Å². The van der Waals surface area contributed by atoms with Crippen molar-refractivity contribution >= 4 is 34.3 Å². The van der Waals surface area contributed by atoms with Gasteiger partial charge in [0.2, 0.25) is 5.91 Å². The summed E-state index contributed by atoms with van der Waals surface area (Å²) in [5, 5.41) is 17.9. The van der Waals surface area contributed by atoms with Crippen LogP contribution in [0.5, 0.6) is 0 Å². The summed E-state index contributed by atoms with van der Waals surface area (Å²) < 4.78 is 5.30. The van der Waals surface area contributed by atoms with Crippen LogP contribution in [0.15, 0.2) is 36.7 Å². The van der Waals surface area contributed by atoms with Crippen LogP contribution in [-0.4, -0.2) is 46.4 Å². The van der Waals surface area contributed by atoms with Crippen LogP contribution in [0.4, 0.5) is 16.3 Å². The predicted molar refractivity (Wildman–Crippen MR) is 136 cm³/mol. The third kappa shape index (κ3) is 6.30. The number of aryl methyl sites for hydroxylation is 1. The quantitative estimate of drug-likeness (QED) is 0.481. The summed E-state index contributed by atoms with van der Waals surface area (Å²) in [5.41, 5.74) is 3.99.